The Morgan fingerprint density at radius 2 is 1.13 bits per heavy atom. The van der Waals surface area contributed by atoms with Crippen molar-refractivity contribution >= 4 is 38.2 Å². The van der Waals surface area contributed by atoms with E-state index in [9.17, 15) is 0 Å². The van der Waals surface area contributed by atoms with E-state index in [1.54, 1.807) is 0 Å². The molecule has 8 aromatic rings. The molecule has 0 aliphatic carbocycles. The van der Waals surface area contributed by atoms with Gasteiger partial charge in [0.25, 0.3) is 0 Å². The van der Waals surface area contributed by atoms with E-state index in [0.29, 0.717) is 0 Å². The summed E-state index contributed by atoms with van der Waals surface area (Å²) in [5.41, 5.74) is 8.87. The predicted octanol–water partition coefficient (Wildman–Crippen LogP) is 8.92. The maximum absolute atomic E-state index is 5.08. The molecule has 0 amide bonds. The number of imidazole rings is 1. The second-order valence-corrected chi connectivity index (χ2v) is 9.72. The molecule has 8 rings (SSSR count). The van der Waals surface area contributed by atoms with Crippen LogP contribution in [0.2, 0.25) is 0 Å². The van der Waals surface area contributed by atoms with Crippen LogP contribution in [0.1, 0.15) is 0 Å². The summed E-state index contributed by atoms with van der Waals surface area (Å²) in [6.45, 7) is 0. The zero-order valence-electron chi connectivity index (χ0n) is 20.6. The highest BCUT2D eigenvalue weighted by molar-refractivity contribution is 6.09. The van der Waals surface area contributed by atoms with Gasteiger partial charge in [0.15, 0.2) is 0 Å². The van der Waals surface area contributed by atoms with Gasteiger partial charge in [-0.25, -0.2) is 4.98 Å². The Labute approximate surface area is 219 Å². The Kier molecular flexibility index (Phi) is 4.52. The van der Waals surface area contributed by atoms with E-state index in [2.05, 4.69) is 143 Å². The van der Waals surface area contributed by atoms with Crippen LogP contribution in [0, 0.1) is 0 Å². The molecule has 5 aromatic carbocycles. The van der Waals surface area contributed by atoms with Crippen LogP contribution in [0.15, 0.2) is 140 Å². The number of hydrogen-bond donors (Lipinski definition) is 0. The molecule has 0 saturated carbocycles. The van der Waals surface area contributed by atoms with Crippen LogP contribution in [-0.2, 0) is 0 Å². The molecule has 3 heteroatoms. The standard InChI is InChI=1S/C35H23N3/c1-2-10-26-23-27(17-16-24(26)9-1)34-35(37-22-8-7-15-33(37)36-34)25-18-20-28(21-19-25)38-31-13-5-3-11-29(31)30-12-4-6-14-32(30)38/h1-23H. The van der Waals surface area contributed by atoms with E-state index in [1.165, 1.54) is 32.6 Å². The van der Waals surface area contributed by atoms with Crippen molar-refractivity contribution in [3.8, 4) is 28.2 Å². The summed E-state index contributed by atoms with van der Waals surface area (Å²) in [4.78, 5) is 5.08. The van der Waals surface area contributed by atoms with Crippen molar-refractivity contribution in [1.29, 1.82) is 0 Å². The van der Waals surface area contributed by atoms with Crippen LogP contribution >= 0.6 is 0 Å². The third kappa shape index (κ3) is 3.12. The third-order valence-electron chi connectivity index (χ3n) is 7.53. The molecule has 0 atom stereocenters. The molecule has 178 valence electrons. The number of nitrogens with zero attached hydrogens (tertiary/aromatic N) is 3. The van der Waals surface area contributed by atoms with Gasteiger partial charge in [-0.05, 0) is 53.2 Å². The maximum atomic E-state index is 5.08. The molecular weight excluding hydrogens is 462 g/mol. The van der Waals surface area contributed by atoms with Gasteiger partial charge in [0.05, 0.1) is 22.4 Å². The first-order valence-electron chi connectivity index (χ1n) is 12.9. The van der Waals surface area contributed by atoms with Crippen molar-refractivity contribution < 1.29 is 0 Å². The van der Waals surface area contributed by atoms with Crippen LogP contribution < -0.4 is 0 Å². The molecule has 3 aromatic heterocycles. The minimum Gasteiger partial charge on any atom is -0.309 e. The van der Waals surface area contributed by atoms with Gasteiger partial charge in [-0.1, -0.05) is 91.0 Å². The number of rotatable bonds is 3. The number of fused-ring (bicyclic) bond motifs is 5. The van der Waals surface area contributed by atoms with Gasteiger partial charge in [0, 0.05) is 33.8 Å². The molecule has 3 nitrogen and oxygen atoms in total. The van der Waals surface area contributed by atoms with Crippen LogP contribution in [0.25, 0.3) is 66.4 Å². The first-order valence-corrected chi connectivity index (χ1v) is 12.9. The second kappa shape index (κ2) is 8.19. The van der Waals surface area contributed by atoms with Gasteiger partial charge in [0.1, 0.15) is 5.65 Å². The maximum Gasteiger partial charge on any atom is 0.137 e. The Morgan fingerprint density at radius 3 is 1.89 bits per heavy atom. The number of para-hydroxylation sites is 2. The number of aromatic nitrogens is 3. The zero-order valence-corrected chi connectivity index (χ0v) is 20.6. The molecule has 38 heavy (non-hydrogen) atoms. The van der Waals surface area contributed by atoms with Crippen molar-refractivity contribution in [3.63, 3.8) is 0 Å². The first kappa shape index (κ1) is 21.0. The molecule has 0 N–H and O–H groups in total. The lowest BCUT2D eigenvalue weighted by Gasteiger charge is -2.11. The summed E-state index contributed by atoms with van der Waals surface area (Å²) in [7, 11) is 0. The van der Waals surface area contributed by atoms with Gasteiger partial charge in [-0.15, -0.1) is 0 Å². The molecule has 0 aliphatic heterocycles. The zero-order chi connectivity index (χ0) is 25.1. The van der Waals surface area contributed by atoms with Gasteiger partial charge < -0.3 is 4.57 Å². The Bertz CT molecular complexity index is 2070. The van der Waals surface area contributed by atoms with Crippen molar-refractivity contribution in [2.45, 2.75) is 0 Å². The predicted molar refractivity (Wildman–Crippen MR) is 158 cm³/mol. The fraction of sp³-hybridized carbons (Fsp3) is 0. The highest BCUT2D eigenvalue weighted by atomic mass is 15.0. The summed E-state index contributed by atoms with van der Waals surface area (Å²) in [6.07, 6.45) is 2.10. The first-order chi connectivity index (χ1) is 18.8. The highest BCUT2D eigenvalue weighted by Gasteiger charge is 2.17. The summed E-state index contributed by atoms with van der Waals surface area (Å²) < 4.78 is 4.55. The van der Waals surface area contributed by atoms with Crippen molar-refractivity contribution in [3.05, 3.63) is 140 Å². The van der Waals surface area contributed by atoms with Crippen LogP contribution in [0.3, 0.4) is 0 Å². The number of hydrogen-bond acceptors (Lipinski definition) is 1. The molecule has 0 saturated heterocycles. The van der Waals surface area contributed by atoms with Crippen LogP contribution in [-0.4, -0.2) is 14.0 Å². The Hall–Kier alpha value is -5.15. The van der Waals surface area contributed by atoms with Crippen LogP contribution in [0.4, 0.5) is 0 Å². The average Bonchev–Trinajstić information content (AvgIpc) is 3.53. The smallest absolute Gasteiger partial charge is 0.137 e. The van der Waals surface area contributed by atoms with E-state index in [4.69, 9.17) is 4.98 Å². The van der Waals surface area contributed by atoms with Crippen molar-refractivity contribution in [2.75, 3.05) is 0 Å². The van der Waals surface area contributed by atoms with E-state index in [-0.39, 0.29) is 0 Å². The molecule has 3 heterocycles. The topological polar surface area (TPSA) is 22.2 Å². The summed E-state index contributed by atoms with van der Waals surface area (Å²) in [5.74, 6) is 0. The fourth-order valence-corrected chi connectivity index (χ4v) is 5.78. The molecular formula is C35H23N3. The summed E-state index contributed by atoms with van der Waals surface area (Å²) >= 11 is 0. The lowest BCUT2D eigenvalue weighted by atomic mass is 10.0. The van der Waals surface area contributed by atoms with E-state index in [0.717, 1.165) is 33.8 Å². The van der Waals surface area contributed by atoms with Crippen molar-refractivity contribution in [2.24, 2.45) is 0 Å². The van der Waals surface area contributed by atoms with Crippen molar-refractivity contribution in [1.82, 2.24) is 14.0 Å². The lowest BCUT2D eigenvalue weighted by Crippen LogP contribution is -1.94. The number of pyridine rings is 1. The normalized spacial score (nSPS) is 11.7. The molecule has 0 aliphatic rings. The highest BCUT2D eigenvalue weighted by Crippen LogP contribution is 2.36. The second-order valence-electron chi connectivity index (χ2n) is 9.72. The molecule has 0 radical (unpaired) electrons. The molecule has 0 bridgehead atoms. The summed E-state index contributed by atoms with van der Waals surface area (Å²) in [5, 5.41) is 4.99. The summed E-state index contributed by atoms with van der Waals surface area (Å²) in [6, 6.07) is 47.4. The van der Waals surface area contributed by atoms with Gasteiger partial charge in [-0.2, -0.15) is 0 Å². The minimum absolute atomic E-state index is 0.942. The average molecular weight is 486 g/mol. The quantitative estimate of drug-likeness (QED) is 0.245. The van der Waals surface area contributed by atoms with Gasteiger partial charge in [0.2, 0.25) is 0 Å². The van der Waals surface area contributed by atoms with E-state index < -0.39 is 0 Å². The minimum atomic E-state index is 0.942. The largest absolute Gasteiger partial charge is 0.309 e. The fourth-order valence-electron chi connectivity index (χ4n) is 5.78. The van der Waals surface area contributed by atoms with E-state index in [1.807, 2.05) is 6.07 Å². The Morgan fingerprint density at radius 1 is 0.500 bits per heavy atom. The molecule has 0 fully saturated rings. The molecule has 0 unspecified atom stereocenters. The van der Waals surface area contributed by atoms with E-state index >= 15 is 0 Å². The lowest BCUT2D eigenvalue weighted by molar-refractivity contribution is 1.17. The van der Waals surface area contributed by atoms with Gasteiger partial charge in [-0.3, -0.25) is 4.40 Å². The monoisotopic (exact) mass is 485 g/mol. The SMILES string of the molecule is c1ccc2cc(-c3nc4ccccn4c3-c3ccc(-n4c5ccccc5c5ccccc54)cc3)ccc2c1. The molecule has 0 spiro atoms. The van der Waals surface area contributed by atoms with Crippen LogP contribution in [0.5, 0.6) is 0 Å². The third-order valence-corrected chi connectivity index (χ3v) is 7.53. The Balaban J connectivity index is 1.32. The van der Waals surface area contributed by atoms with Gasteiger partial charge >= 0.3 is 0 Å². The number of benzene rings is 5.